The van der Waals surface area contributed by atoms with Crippen LogP contribution in [0.25, 0.3) is 11.1 Å². The zero-order chi connectivity index (χ0) is 22.3. The van der Waals surface area contributed by atoms with Crippen molar-refractivity contribution in [2.75, 3.05) is 24.3 Å². The number of para-hydroxylation sites is 2. The normalized spacial score (nSPS) is 14.3. The van der Waals surface area contributed by atoms with Gasteiger partial charge in [-0.3, -0.25) is 9.59 Å². The average molecular weight is 454 g/mol. The summed E-state index contributed by atoms with van der Waals surface area (Å²) < 4.78 is 11.0. The molecule has 0 bridgehead atoms. The van der Waals surface area contributed by atoms with Gasteiger partial charge in [0.2, 0.25) is 11.8 Å². The molecule has 0 atom stereocenters. The van der Waals surface area contributed by atoms with E-state index in [1.807, 2.05) is 24.3 Å². The Labute approximate surface area is 191 Å². The summed E-state index contributed by atoms with van der Waals surface area (Å²) in [6.45, 7) is -0.0450. The van der Waals surface area contributed by atoms with Crippen LogP contribution in [-0.4, -0.2) is 42.2 Å². The molecular formula is C24H27N3O4S. The zero-order valence-corrected chi connectivity index (χ0v) is 18.9. The second kappa shape index (κ2) is 10.5. The van der Waals surface area contributed by atoms with Crippen LogP contribution in [0.2, 0.25) is 0 Å². The van der Waals surface area contributed by atoms with Crippen LogP contribution in [0.15, 0.2) is 58.2 Å². The first-order valence-corrected chi connectivity index (χ1v) is 11.8. The first kappa shape index (κ1) is 22.2. The number of benzene rings is 2. The van der Waals surface area contributed by atoms with Crippen molar-refractivity contribution < 1.29 is 18.7 Å². The number of fused-ring (bicyclic) bond motifs is 1. The number of ether oxygens (including phenoxy) is 1. The Morgan fingerprint density at radius 2 is 1.97 bits per heavy atom. The summed E-state index contributed by atoms with van der Waals surface area (Å²) in [5, 5.41) is 3.52. The van der Waals surface area contributed by atoms with Crippen LogP contribution in [0.3, 0.4) is 0 Å². The van der Waals surface area contributed by atoms with E-state index < -0.39 is 0 Å². The van der Waals surface area contributed by atoms with Crippen LogP contribution < -0.4 is 15.0 Å². The van der Waals surface area contributed by atoms with Gasteiger partial charge in [0.15, 0.2) is 5.58 Å². The Kier molecular flexibility index (Phi) is 7.32. The quantitative estimate of drug-likeness (QED) is 0.509. The first-order chi connectivity index (χ1) is 15.6. The fraction of sp³-hybridized carbons (Fsp3) is 0.375. The predicted molar refractivity (Wildman–Crippen MR) is 125 cm³/mol. The molecule has 2 amide bonds. The molecule has 1 saturated carbocycles. The maximum absolute atomic E-state index is 13.2. The molecule has 0 unspecified atom stereocenters. The van der Waals surface area contributed by atoms with Crippen LogP contribution >= 0.6 is 11.8 Å². The Balaban J connectivity index is 1.46. The molecule has 2 aromatic carbocycles. The lowest BCUT2D eigenvalue weighted by Gasteiger charge is -2.26. The average Bonchev–Trinajstić information content (AvgIpc) is 3.25. The van der Waals surface area contributed by atoms with Crippen LogP contribution in [0.5, 0.6) is 5.75 Å². The van der Waals surface area contributed by atoms with Crippen LogP contribution in [0.4, 0.5) is 5.69 Å². The van der Waals surface area contributed by atoms with Gasteiger partial charge >= 0.3 is 0 Å². The highest BCUT2D eigenvalue weighted by atomic mass is 32.2. The van der Waals surface area contributed by atoms with Gasteiger partial charge in [-0.2, -0.15) is 0 Å². The second-order valence-corrected chi connectivity index (χ2v) is 8.75. The van der Waals surface area contributed by atoms with Gasteiger partial charge in [-0.1, -0.05) is 49.2 Å². The summed E-state index contributed by atoms with van der Waals surface area (Å²) in [5.41, 5.74) is 2.05. The summed E-state index contributed by atoms with van der Waals surface area (Å²) in [5.74, 6) is 0.365. The number of amides is 2. The summed E-state index contributed by atoms with van der Waals surface area (Å²) >= 11 is 1.22. The van der Waals surface area contributed by atoms with Gasteiger partial charge in [-0.15, -0.1) is 0 Å². The molecule has 0 aliphatic heterocycles. The Morgan fingerprint density at radius 3 is 2.75 bits per heavy atom. The summed E-state index contributed by atoms with van der Waals surface area (Å²) in [6, 6.07) is 14.8. The van der Waals surface area contributed by atoms with Crippen LogP contribution in [0, 0.1) is 0 Å². The molecule has 1 aliphatic carbocycles. The van der Waals surface area contributed by atoms with Gasteiger partial charge < -0.3 is 19.4 Å². The number of oxazole rings is 1. The highest BCUT2D eigenvalue weighted by molar-refractivity contribution is 7.99. The number of methoxy groups -OCH3 is 1. The van der Waals surface area contributed by atoms with E-state index in [-0.39, 0.29) is 30.2 Å². The van der Waals surface area contributed by atoms with Crippen molar-refractivity contribution in [3.63, 3.8) is 0 Å². The van der Waals surface area contributed by atoms with Gasteiger partial charge in [0.05, 0.1) is 12.9 Å². The molecule has 7 nitrogen and oxygen atoms in total. The van der Waals surface area contributed by atoms with E-state index in [2.05, 4.69) is 10.3 Å². The second-order valence-electron chi connectivity index (χ2n) is 7.82. The standard InChI is InChI=1S/C24H27N3O4S/c1-30-19-11-7-10-18(14-19)27(15-22(28)25-17-8-3-2-4-9-17)23(29)16-32-24-26-20-12-5-6-13-21(20)31-24/h5-7,10-14,17H,2-4,8-9,15-16H2,1H3,(H,25,28). The Morgan fingerprint density at radius 1 is 1.16 bits per heavy atom. The number of anilines is 1. The van der Waals surface area contributed by atoms with Gasteiger partial charge in [-0.05, 0) is 37.1 Å². The van der Waals surface area contributed by atoms with Crippen molar-refractivity contribution in [1.82, 2.24) is 10.3 Å². The van der Waals surface area contributed by atoms with E-state index in [4.69, 9.17) is 9.15 Å². The molecule has 1 N–H and O–H groups in total. The van der Waals surface area contributed by atoms with Crippen molar-refractivity contribution in [3.8, 4) is 5.75 Å². The molecule has 0 spiro atoms. The topological polar surface area (TPSA) is 84.7 Å². The molecule has 8 heteroatoms. The third kappa shape index (κ3) is 5.62. The van der Waals surface area contributed by atoms with Crippen molar-refractivity contribution >= 4 is 40.4 Å². The number of carbonyl (C=O) groups is 2. The molecule has 32 heavy (non-hydrogen) atoms. The summed E-state index contributed by atoms with van der Waals surface area (Å²) in [7, 11) is 1.57. The molecule has 0 radical (unpaired) electrons. The molecule has 4 rings (SSSR count). The lowest BCUT2D eigenvalue weighted by atomic mass is 9.95. The number of aromatic nitrogens is 1. The minimum atomic E-state index is -0.204. The molecule has 1 aromatic heterocycles. The Hall–Kier alpha value is -3.00. The largest absolute Gasteiger partial charge is 0.497 e. The highest BCUT2D eigenvalue weighted by Gasteiger charge is 2.23. The van der Waals surface area contributed by atoms with E-state index in [0.29, 0.717) is 22.2 Å². The molecule has 3 aromatic rings. The lowest BCUT2D eigenvalue weighted by molar-refractivity contribution is -0.123. The fourth-order valence-corrected chi connectivity index (χ4v) is 4.59. The third-order valence-electron chi connectivity index (χ3n) is 5.53. The van der Waals surface area contributed by atoms with E-state index in [1.54, 1.807) is 31.4 Å². The summed E-state index contributed by atoms with van der Waals surface area (Å²) in [4.78, 5) is 31.9. The van der Waals surface area contributed by atoms with E-state index >= 15 is 0 Å². The van der Waals surface area contributed by atoms with Crippen molar-refractivity contribution in [1.29, 1.82) is 0 Å². The van der Waals surface area contributed by atoms with Crippen molar-refractivity contribution in [3.05, 3.63) is 48.5 Å². The number of nitrogens with one attached hydrogen (secondary N) is 1. The lowest BCUT2D eigenvalue weighted by Crippen LogP contribution is -2.45. The SMILES string of the molecule is COc1cccc(N(CC(=O)NC2CCCCC2)C(=O)CSc2nc3ccccc3o2)c1. The predicted octanol–water partition coefficient (Wildman–Crippen LogP) is 4.41. The molecule has 0 saturated heterocycles. The number of hydrogen-bond donors (Lipinski definition) is 1. The number of rotatable bonds is 8. The smallest absolute Gasteiger partial charge is 0.257 e. The zero-order valence-electron chi connectivity index (χ0n) is 18.1. The van der Waals surface area contributed by atoms with Gasteiger partial charge in [0, 0.05) is 17.8 Å². The highest BCUT2D eigenvalue weighted by Crippen LogP contribution is 2.26. The number of thioether (sulfide) groups is 1. The third-order valence-corrected chi connectivity index (χ3v) is 6.34. The maximum Gasteiger partial charge on any atom is 0.257 e. The monoisotopic (exact) mass is 453 g/mol. The molecular weight excluding hydrogens is 426 g/mol. The summed E-state index contributed by atoms with van der Waals surface area (Å²) in [6.07, 6.45) is 5.46. The molecule has 1 aliphatic rings. The van der Waals surface area contributed by atoms with E-state index in [9.17, 15) is 9.59 Å². The van der Waals surface area contributed by atoms with Gasteiger partial charge in [0.1, 0.15) is 17.8 Å². The van der Waals surface area contributed by atoms with Crippen molar-refractivity contribution in [2.45, 2.75) is 43.4 Å². The van der Waals surface area contributed by atoms with E-state index in [0.717, 1.165) is 31.2 Å². The molecule has 1 fully saturated rings. The molecule has 1 heterocycles. The number of nitrogens with zero attached hydrogens (tertiary/aromatic N) is 2. The number of carbonyl (C=O) groups excluding carboxylic acids is 2. The molecule has 168 valence electrons. The first-order valence-electron chi connectivity index (χ1n) is 10.8. The van der Waals surface area contributed by atoms with E-state index in [1.165, 1.54) is 23.1 Å². The van der Waals surface area contributed by atoms with Crippen LogP contribution in [0.1, 0.15) is 32.1 Å². The van der Waals surface area contributed by atoms with Gasteiger partial charge in [0.25, 0.3) is 5.22 Å². The van der Waals surface area contributed by atoms with Gasteiger partial charge in [-0.25, -0.2) is 4.98 Å². The minimum Gasteiger partial charge on any atom is -0.497 e. The minimum absolute atomic E-state index is 0.0450. The number of hydrogen-bond acceptors (Lipinski definition) is 6. The fourth-order valence-electron chi connectivity index (χ4n) is 3.88. The Bertz CT molecular complexity index is 1040. The maximum atomic E-state index is 13.2. The van der Waals surface area contributed by atoms with Crippen molar-refractivity contribution in [2.24, 2.45) is 0 Å². The van der Waals surface area contributed by atoms with Crippen LogP contribution in [-0.2, 0) is 9.59 Å².